The van der Waals surface area contributed by atoms with Gasteiger partial charge in [-0.3, -0.25) is 4.79 Å². The topological polar surface area (TPSA) is 56.8 Å². The molecule has 2 bridgehead atoms. The first-order valence-corrected chi connectivity index (χ1v) is 9.94. The van der Waals surface area contributed by atoms with Gasteiger partial charge in [-0.2, -0.15) is 0 Å². The Kier molecular flexibility index (Phi) is 4.41. The minimum absolute atomic E-state index is 0.0267. The molecule has 4 rings (SSSR count). The average Bonchev–Trinajstić information content (AvgIpc) is 3.13. The predicted octanol–water partition coefficient (Wildman–Crippen LogP) is 3.72. The Balaban J connectivity index is 1.75. The van der Waals surface area contributed by atoms with E-state index < -0.39 is 0 Å². The average molecular weight is 373 g/mol. The molecule has 1 heterocycles. The summed E-state index contributed by atoms with van der Waals surface area (Å²) in [5.74, 6) is 2.54. The highest BCUT2D eigenvalue weighted by atomic mass is 16.5. The van der Waals surface area contributed by atoms with Gasteiger partial charge in [0.05, 0.1) is 20.3 Å². The first-order chi connectivity index (χ1) is 12.8. The van der Waals surface area contributed by atoms with Crippen LogP contribution < -0.4 is 14.8 Å². The van der Waals surface area contributed by atoms with Crippen molar-refractivity contribution in [2.45, 2.75) is 52.2 Å². The molecule has 1 aliphatic heterocycles. The lowest BCUT2D eigenvalue weighted by atomic mass is 9.58. The SMILES string of the molecule is COc1cccc([C@H]2OCCC34C[C@@H](C[C@H]23)C(C)(C)[C@H]4NC(C)=O)c1OC. The van der Waals surface area contributed by atoms with Crippen molar-refractivity contribution in [1.82, 2.24) is 5.32 Å². The van der Waals surface area contributed by atoms with E-state index in [9.17, 15) is 4.79 Å². The molecule has 5 atom stereocenters. The molecule has 1 aromatic carbocycles. The highest BCUT2D eigenvalue weighted by Gasteiger charge is 2.68. The fourth-order valence-electron chi connectivity index (χ4n) is 6.43. The largest absolute Gasteiger partial charge is 0.493 e. The van der Waals surface area contributed by atoms with E-state index in [1.54, 1.807) is 21.1 Å². The van der Waals surface area contributed by atoms with Crippen LogP contribution in [0.25, 0.3) is 0 Å². The number of methoxy groups -OCH3 is 2. The Morgan fingerprint density at radius 2 is 2.04 bits per heavy atom. The number of rotatable bonds is 4. The van der Waals surface area contributed by atoms with Crippen molar-refractivity contribution in [2.24, 2.45) is 22.7 Å². The summed E-state index contributed by atoms with van der Waals surface area (Å²) in [6, 6.07) is 6.21. The van der Waals surface area contributed by atoms with Crippen LogP contribution in [-0.2, 0) is 9.53 Å². The summed E-state index contributed by atoms with van der Waals surface area (Å²) in [6.45, 7) is 6.98. The number of hydrogen-bond donors (Lipinski definition) is 1. The van der Waals surface area contributed by atoms with Crippen LogP contribution in [0, 0.1) is 22.7 Å². The van der Waals surface area contributed by atoms with Gasteiger partial charge < -0.3 is 19.5 Å². The number of benzene rings is 1. The number of fused-ring (bicyclic) bond motifs is 1. The molecular formula is C22H31NO4. The van der Waals surface area contributed by atoms with Gasteiger partial charge in [0.2, 0.25) is 5.91 Å². The van der Waals surface area contributed by atoms with E-state index >= 15 is 0 Å². The molecule has 5 nitrogen and oxygen atoms in total. The van der Waals surface area contributed by atoms with E-state index in [-0.39, 0.29) is 28.9 Å². The van der Waals surface area contributed by atoms with Gasteiger partial charge in [-0.15, -0.1) is 0 Å². The monoisotopic (exact) mass is 373 g/mol. The lowest BCUT2D eigenvalue weighted by Crippen LogP contribution is -2.58. The second-order valence-electron chi connectivity index (χ2n) is 9.06. The summed E-state index contributed by atoms with van der Waals surface area (Å²) < 4.78 is 17.6. The Morgan fingerprint density at radius 3 is 2.70 bits per heavy atom. The van der Waals surface area contributed by atoms with E-state index in [0.717, 1.165) is 29.9 Å². The van der Waals surface area contributed by atoms with Crippen LogP contribution in [0.1, 0.15) is 51.7 Å². The quantitative estimate of drug-likeness (QED) is 0.874. The first-order valence-electron chi connectivity index (χ1n) is 9.94. The van der Waals surface area contributed by atoms with Gasteiger partial charge in [-0.1, -0.05) is 26.0 Å². The van der Waals surface area contributed by atoms with Crippen LogP contribution in [0.4, 0.5) is 0 Å². The molecule has 1 amide bonds. The lowest BCUT2D eigenvalue weighted by Gasteiger charge is -2.53. The maximum absolute atomic E-state index is 12.0. The van der Waals surface area contributed by atoms with Gasteiger partial charge >= 0.3 is 0 Å². The van der Waals surface area contributed by atoms with Crippen molar-refractivity contribution in [3.63, 3.8) is 0 Å². The molecule has 1 saturated heterocycles. The Hall–Kier alpha value is -1.75. The molecule has 2 aliphatic carbocycles. The summed E-state index contributed by atoms with van der Waals surface area (Å²) in [4.78, 5) is 12.0. The maximum atomic E-state index is 12.0. The molecule has 1 spiro atoms. The molecule has 0 aromatic heterocycles. The first kappa shape index (κ1) is 18.6. The lowest BCUT2D eigenvalue weighted by molar-refractivity contribution is -0.136. The summed E-state index contributed by atoms with van der Waals surface area (Å²) in [7, 11) is 3.35. The molecule has 1 N–H and O–H groups in total. The van der Waals surface area contributed by atoms with Crippen molar-refractivity contribution < 1.29 is 19.0 Å². The van der Waals surface area contributed by atoms with Crippen LogP contribution in [0.2, 0.25) is 0 Å². The Labute approximate surface area is 161 Å². The van der Waals surface area contributed by atoms with Gasteiger partial charge in [0.25, 0.3) is 0 Å². The normalized spacial score (nSPS) is 36.2. The van der Waals surface area contributed by atoms with E-state index in [1.165, 1.54) is 6.42 Å². The van der Waals surface area contributed by atoms with Crippen molar-refractivity contribution in [3.05, 3.63) is 23.8 Å². The van der Waals surface area contributed by atoms with Crippen molar-refractivity contribution in [3.8, 4) is 11.5 Å². The number of para-hydroxylation sites is 1. The summed E-state index contributed by atoms with van der Waals surface area (Å²) in [6.07, 6.45) is 3.28. The summed E-state index contributed by atoms with van der Waals surface area (Å²) in [5, 5.41) is 3.33. The molecule has 2 saturated carbocycles. The fourth-order valence-corrected chi connectivity index (χ4v) is 6.43. The standard InChI is InChI=1S/C22H31NO4/c1-13(24)23-20-21(2,3)14-11-16-18(27-10-9-22(16,20)12-14)15-7-6-8-17(25-4)19(15)26-5/h6-8,14,16,18,20H,9-12H2,1-5H3,(H,23,24)/t14-,16-,18-,20-,22?/m1/s1. The van der Waals surface area contributed by atoms with Gasteiger partial charge in [-0.25, -0.2) is 0 Å². The molecule has 1 aromatic rings. The van der Waals surface area contributed by atoms with Crippen molar-refractivity contribution >= 4 is 5.91 Å². The second kappa shape index (κ2) is 6.40. The number of carbonyl (C=O) groups excluding carboxylic acids is 1. The van der Waals surface area contributed by atoms with Crippen LogP contribution in [0.5, 0.6) is 11.5 Å². The smallest absolute Gasteiger partial charge is 0.217 e. The molecule has 5 heteroatoms. The number of carbonyl (C=O) groups is 1. The number of amides is 1. The molecule has 3 fully saturated rings. The molecular weight excluding hydrogens is 342 g/mol. The van der Waals surface area contributed by atoms with Gasteiger partial charge in [-0.05, 0) is 48.0 Å². The van der Waals surface area contributed by atoms with Gasteiger partial charge in [0.15, 0.2) is 11.5 Å². The Morgan fingerprint density at radius 1 is 1.26 bits per heavy atom. The molecule has 0 radical (unpaired) electrons. The molecule has 27 heavy (non-hydrogen) atoms. The van der Waals surface area contributed by atoms with Gasteiger partial charge in [0.1, 0.15) is 0 Å². The van der Waals surface area contributed by atoms with Crippen LogP contribution in [0.15, 0.2) is 18.2 Å². The van der Waals surface area contributed by atoms with Crippen LogP contribution in [-0.4, -0.2) is 32.8 Å². The second-order valence-corrected chi connectivity index (χ2v) is 9.06. The third-order valence-corrected chi connectivity index (χ3v) is 7.59. The molecule has 148 valence electrons. The van der Waals surface area contributed by atoms with Crippen molar-refractivity contribution in [2.75, 3.05) is 20.8 Å². The molecule has 3 aliphatic rings. The predicted molar refractivity (Wildman–Crippen MR) is 103 cm³/mol. The van der Waals surface area contributed by atoms with Crippen molar-refractivity contribution in [1.29, 1.82) is 0 Å². The third kappa shape index (κ3) is 2.58. The van der Waals surface area contributed by atoms with E-state index in [2.05, 4.69) is 25.2 Å². The maximum Gasteiger partial charge on any atom is 0.217 e. The summed E-state index contributed by atoms with van der Waals surface area (Å²) in [5.41, 5.74) is 1.27. The summed E-state index contributed by atoms with van der Waals surface area (Å²) >= 11 is 0. The zero-order chi connectivity index (χ0) is 19.4. The van der Waals surface area contributed by atoms with E-state index in [0.29, 0.717) is 18.4 Å². The fraction of sp³-hybridized carbons (Fsp3) is 0.682. The molecule has 1 unspecified atom stereocenters. The zero-order valence-corrected chi connectivity index (χ0v) is 17.0. The van der Waals surface area contributed by atoms with E-state index in [1.807, 2.05) is 12.1 Å². The number of ether oxygens (including phenoxy) is 3. The van der Waals surface area contributed by atoms with Crippen LogP contribution in [0.3, 0.4) is 0 Å². The highest BCUT2D eigenvalue weighted by molar-refractivity contribution is 5.73. The number of hydrogen-bond acceptors (Lipinski definition) is 4. The van der Waals surface area contributed by atoms with Gasteiger partial charge in [0, 0.05) is 25.1 Å². The highest BCUT2D eigenvalue weighted by Crippen LogP contribution is 2.70. The number of nitrogens with one attached hydrogen (secondary N) is 1. The minimum Gasteiger partial charge on any atom is -0.493 e. The van der Waals surface area contributed by atoms with Crippen LogP contribution >= 0.6 is 0 Å². The third-order valence-electron chi connectivity index (χ3n) is 7.59. The Bertz CT molecular complexity index is 746. The minimum atomic E-state index is -0.0267. The van der Waals surface area contributed by atoms with E-state index in [4.69, 9.17) is 14.2 Å². The zero-order valence-electron chi connectivity index (χ0n) is 17.0.